The number of benzene rings is 1. The quantitative estimate of drug-likeness (QED) is 0.864. The third-order valence-corrected chi connectivity index (χ3v) is 3.89. The second-order valence-electron chi connectivity index (χ2n) is 5.34. The smallest absolute Gasteiger partial charge is 0.261 e. The Labute approximate surface area is 116 Å². The van der Waals surface area contributed by atoms with Gasteiger partial charge in [-0.15, -0.1) is 0 Å². The van der Waals surface area contributed by atoms with Gasteiger partial charge in [-0.25, -0.2) is 4.98 Å². The van der Waals surface area contributed by atoms with Gasteiger partial charge in [0.25, 0.3) is 5.56 Å². The highest BCUT2D eigenvalue weighted by Crippen LogP contribution is 2.49. The molecule has 3 rings (SSSR count). The fraction of sp³-hybridized carbons (Fsp3) is 0.357. The van der Waals surface area contributed by atoms with Crippen LogP contribution in [-0.4, -0.2) is 14.5 Å². The van der Waals surface area contributed by atoms with E-state index in [0.717, 1.165) is 18.4 Å². The largest absolute Gasteiger partial charge is 0.393 e. The number of nitrogens with two attached hydrogens (primary N) is 1. The van der Waals surface area contributed by atoms with Crippen molar-refractivity contribution in [3.63, 3.8) is 0 Å². The highest BCUT2D eigenvalue weighted by Gasteiger charge is 2.43. The van der Waals surface area contributed by atoms with E-state index in [1.54, 1.807) is 10.9 Å². The van der Waals surface area contributed by atoms with Gasteiger partial charge in [0.2, 0.25) is 0 Å². The number of hydrogen-bond acceptors (Lipinski definition) is 3. The fourth-order valence-corrected chi connectivity index (χ4v) is 2.82. The molecule has 1 aliphatic carbocycles. The molecule has 0 unspecified atom stereocenters. The first-order valence-corrected chi connectivity index (χ1v) is 6.73. The Bertz CT molecular complexity index is 703. The summed E-state index contributed by atoms with van der Waals surface area (Å²) in [6.07, 6.45) is 4.49. The van der Waals surface area contributed by atoms with Gasteiger partial charge < -0.3 is 5.73 Å². The third-order valence-electron chi connectivity index (χ3n) is 3.74. The summed E-state index contributed by atoms with van der Waals surface area (Å²) in [5.41, 5.74) is 6.46. The molecule has 1 saturated carbocycles. The van der Waals surface area contributed by atoms with E-state index >= 15 is 0 Å². The molecule has 0 spiro atoms. The molecule has 19 heavy (non-hydrogen) atoms. The summed E-state index contributed by atoms with van der Waals surface area (Å²) in [6, 6.07) is 7.41. The number of aromatic nitrogens is 2. The van der Waals surface area contributed by atoms with Crippen LogP contribution in [0.15, 0.2) is 35.4 Å². The maximum Gasteiger partial charge on any atom is 0.261 e. The molecule has 2 N–H and O–H groups in total. The predicted molar refractivity (Wildman–Crippen MR) is 79.1 cm³/mol. The second-order valence-corrected chi connectivity index (χ2v) is 5.86. The van der Waals surface area contributed by atoms with Crippen LogP contribution in [0.25, 0.3) is 10.9 Å². The molecule has 1 aromatic heterocycles. The lowest BCUT2D eigenvalue weighted by atomic mass is 10.0. The number of hydrogen-bond donors (Lipinski definition) is 1. The first kappa shape index (κ1) is 12.3. The second kappa shape index (κ2) is 4.42. The van der Waals surface area contributed by atoms with Crippen LogP contribution in [0.1, 0.15) is 19.3 Å². The minimum absolute atomic E-state index is 0.0137. The van der Waals surface area contributed by atoms with Gasteiger partial charge in [0, 0.05) is 13.0 Å². The average Bonchev–Trinajstić information content (AvgIpc) is 3.12. The van der Waals surface area contributed by atoms with E-state index < -0.39 is 0 Å². The van der Waals surface area contributed by atoms with Gasteiger partial charge in [-0.05, 0) is 30.4 Å². The van der Waals surface area contributed by atoms with Gasteiger partial charge >= 0.3 is 0 Å². The minimum Gasteiger partial charge on any atom is -0.393 e. The van der Waals surface area contributed by atoms with Crippen molar-refractivity contribution in [2.45, 2.75) is 25.8 Å². The standard InChI is InChI=1S/C14H15N3OS/c15-12(19)7-14(5-6-14)8-17-9-16-11-4-2-1-3-10(11)13(17)18/h1-4,9H,5-8H2,(H2,15,19). The van der Waals surface area contributed by atoms with Crippen molar-refractivity contribution in [3.05, 3.63) is 40.9 Å². The van der Waals surface area contributed by atoms with Gasteiger partial charge in [-0.2, -0.15) is 0 Å². The molecule has 0 bridgehead atoms. The highest BCUT2D eigenvalue weighted by molar-refractivity contribution is 7.80. The van der Waals surface area contributed by atoms with E-state index in [9.17, 15) is 4.79 Å². The first-order valence-electron chi connectivity index (χ1n) is 6.32. The zero-order chi connectivity index (χ0) is 13.5. The molecule has 2 aromatic rings. The van der Waals surface area contributed by atoms with E-state index in [0.29, 0.717) is 23.3 Å². The van der Waals surface area contributed by atoms with E-state index in [-0.39, 0.29) is 11.0 Å². The van der Waals surface area contributed by atoms with Crippen molar-refractivity contribution in [3.8, 4) is 0 Å². The molecule has 1 fully saturated rings. The third kappa shape index (κ3) is 2.38. The molecular weight excluding hydrogens is 258 g/mol. The van der Waals surface area contributed by atoms with Crippen molar-refractivity contribution in [2.24, 2.45) is 11.1 Å². The van der Waals surface area contributed by atoms with Crippen LogP contribution in [0.3, 0.4) is 0 Å². The van der Waals surface area contributed by atoms with Crippen molar-refractivity contribution in [1.29, 1.82) is 0 Å². The molecule has 0 atom stereocenters. The topological polar surface area (TPSA) is 60.9 Å². The fourth-order valence-electron chi connectivity index (χ4n) is 2.52. The van der Waals surface area contributed by atoms with Gasteiger partial charge in [0.15, 0.2) is 0 Å². The zero-order valence-corrected chi connectivity index (χ0v) is 11.3. The van der Waals surface area contributed by atoms with Crippen LogP contribution >= 0.6 is 12.2 Å². The molecule has 98 valence electrons. The number of fused-ring (bicyclic) bond motifs is 1. The molecule has 0 amide bonds. The summed E-state index contributed by atoms with van der Waals surface area (Å²) in [6.45, 7) is 0.654. The first-order chi connectivity index (χ1) is 9.10. The van der Waals surface area contributed by atoms with E-state index in [1.165, 1.54) is 0 Å². The lowest BCUT2D eigenvalue weighted by Crippen LogP contribution is -2.27. The molecule has 5 heteroatoms. The Hall–Kier alpha value is -1.75. The molecule has 0 saturated heterocycles. The molecule has 0 radical (unpaired) electrons. The predicted octanol–water partition coefficient (Wildman–Crippen LogP) is 1.85. The Morgan fingerprint density at radius 2 is 2.16 bits per heavy atom. The lowest BCUT2D eigenvalue weighted by Gasteiger charge is -2.15. The molecule has 0 aliphatic heterocycles. The number of rotatable bonds is 4. The molecular formula is C14H15N3OS. The van der Waals surface area contributed by atoms with Gasteiger partial charge in [-0.3, -0.25) is 9.36 Å². The molecule has 1 aliphatic rings. The normalized spacial score (nSPS) is 16.4. The maximum atomic E-state index is 12.4. The van der Waals surface area contributed by atoms with Gasteiger partial charge in [0.05, 0.1) is 22.2 Å². The van der Waals surface area contributed by atoms with E-state index in [1.807, 2.05) is 24.3 Å². The van der Waals surface area contributed by atoms with E-state index in [4.69, 9.17) is 18.0 Å². The summed E-state index contributed by atoms with van der Waals surface area (Å²) in [7, 11) is 0. The van der Waals surface area contributed by atoms with Gasteiger partial charge in [-0.1, -0.05) is 24.4 Å². The van der Waals surface area contributed by atoms with Crippen molar-refractivity contribution in [1.82, 2.24) is 9.55 Å². The van der Waals surface area contributed by atoms with Crippen LogP contribution in [0, 0.1) is 5.41 Å². The zero-order valence-electron chi connectivity index (χ0n) is 10.5. The Morgan fingerprint density at radius 1 is 1.42 bits per heavy atom. The summed E-state index contributed by atoms with van der Waals surface area (Å²) in [5.74, 6) is 0. The molecule has 4 nitrogen and oxygen atoms in total. The summed E-state index contributed by atoms with van der Waals surface area (Å²) >= 11 is 4.98. The highest BCUT2D eigenvalue weighted by atomic mass is 32.1. The summed E-state index contributed by atoms with van der Waals surface area (Å²) < 4.78 is 1.69. The van der Waals surface area contributed by atoms with Crippen molar-refractivity contribution < 1.29 is 0 Å². The average molecular weight is 273 g/mol. The van der Waals surface area contributed by atoms with Crippen LogP contribution in [-0.2, 0) is 6.54 Å². The monoisotopic (exact) mass is 273 g/mol. The van der Waals surface area contributed by atoms with Gasteiger partial charge in [0.1, 0.15) is 0 Å². The van der Waals surface area contributed by atoms with Crippen molar-refractivity contribution in [2.75, 3.05) is 0 Å². The van der Waals surface area contributed by atoms with Crippen molar-refractivity contribution >= 4 is 28.1 Å². The van der Waals surface area contributed by atoms with Crippen LogP contribution in [0.5, 0.6) is 0 Å². The Balaban J connectivity index is 1.96. The van der Waals surface area contributed by atoms with Crippen LogP contribution in [0.4, 0.5) is 0 Å². The Morgan fingerprint density at radius 3 is 2.84 bits per heavy atom. The van der Waals surface area contributed by atoms with E-state index in [2.05, 4.69) is 4.98 Å². The number of nitrogens with zero attached hydrogens (tertiary/aromatic N) is 2. The van der Waals surface area contributed by atoms with Crippen LogP contribution in [0.2, 0.25) is 0 Å². The summed E-state index contributed by atoms with van der Waals surface area (Å²) in [5, 5.41) is 0.663. The summed E-state index contributed by atoms with van der Waals surface area (Å²) in [4.78, 5) is 17.2. The number of thiocarbonyl (C=S) groups is 1. The maximum absolute atomic E-state index is 12.4. The molecule has 1 aromatic carbocycles. The Kier molecular flexibility index (Phi) is 2.86. The van der Waals surface area contributed by atoms with Crippen LogP contribution < -0.4 is 11.3 Å². The lowest BCUT2D eigenvalue weighted by molar-refractivity contribution is 0.428. The minimum atomic E-state index is 0.0137. The SMILES string of the molecule is NC(=S)CC1(Cn2cnc3ccccc3c2=O)CC1. The number of para-hydroxylation sites is 1. The molecule has 1 heterocycles.